The molecule has 4 nitrogen and oxygen atoms in total. The van der Waals surface area contributed by atoms with Crippen LogP contribution in [0.4, 0.5) is 0 Å². The molecule has 126 valence electrons. The number of hydrogen-bond donors (Lipinski definition) is 0. The van der Waals surface area contributed by atoms with E-state index in [2.05, 4.69) is 28.7 Å². The van der Waals surface area contributed by atoms with Crippen LogP contribution in [0.25, 0.3) is 0 Å². The Hall–Kier alpha value is -1.45. The fourth-order valence-corrected chi connectivity index (χ4v) is 4.29. The molecule has 3 rings (SSSR count). The van der Waals surface area contributed by atoms with Gasteiger partial charge in [0.05, 0.1) is 11.3 Å². The summed E-state index contributed by atoms with van der Waals surface area (Å²) in [4.78, 5) is 24.3. The monoisotopic (exact) mass is 315 g/mol. The molecule has 1 amide bonds. The lowest BCUT2D eigenvalue weighted by Crippen LogP contribution is -2.45. The number of nitrogens with zero attached hydrogens (tertiary/aromatic N) is 3. The van der Waals surface area contributed by atoms with Crippen LogP contribution < -0.4 is 0 Å². The first-order valence-corrected chi connectivity index (χ1v) is 9.22. The van der Waals surface area contributed by atoms with E-state index < -0.39 is 0 Å². The van der Waals surface area contributed by atoms with Crippen molar-refractivity contribution in [2.75, 3.05) is 6.54 Å². The predicted molar refractivity (Wildman–Crippen MR) is 91.5 cm³/mol. The molecule has 1 aromatic heterocycles. The highest BCUT2D eigenvalue weighted by atomic mass is 16.2. The number of fused-ring (bicyclic) bond motifs is 1. The minimum absolute atomic E-state index is 0.160. The Balaban J connectivity index is 1.92. The fourth-order valence-electron chi connectivity index (χ4n) is 4.29. The molecule has 4 heteroatoms. The molecule has 0 spiro atoms. The van der Waals surface area contributed by atoms with Crippen LogP contribution in [0.1, 0.15) is 86.6 Å². The van der Waals surface area contributed by atoms with Crippen LogP contribution in [0, 0.1) is 12.8 Å². The summed E-state index contributed by atoms with van der Waals surface area (Å²) < 4.78 is 0. The zero-order chi connectivity index (χ0) is 16.4. The van der Waals surface area contributed by atoms with Crippen molar-refractivity contribution in [3.8, 4) is 0 Å². The quantitative estimate of drug-likeness (QED) is 0.825. The van der Waals surface area contributed by atoms with Crippen molar-refractivity contribution < 1.29 is 4.79 Å². The predicted octanol–water partition coefficient (Wildman–Crippen LogP) is 4.09. The minimum Gasteiger partial charge on any atom is -0.335 e. The van der Waals surface area contributed by atoms with Gasteiger partial charge in [0.1, 0.15) is 5.82 Å². The highest BCUT2D eigenvalue weighted by Gasteiger charge is 2.35. The van der Waals surface area contributed by atoms with Gasteiger partial charge in [0.2, 0.25) is 0 Å². The van der Waals surface area contributed by atoms with Gasteiger partial charge in [-0.2, -0.15) is 0 Å². The number of likely N-dealkylation sites (tertiary alicyclic amines) is 1. The Morgan fingerprint density at radius 2 is 1.87 bits per heavy atom. The standard InChI is InChI=1S/C19H29N3O/c1-13(2)18-16(12-20-14(3)21-18)19(23)22-11-7-6-9-15-8-4-5-10-17(15)22/h12-13,15,17H,4-11H2,1-3H3/t15-,17-/m0/s1. The Kier molecular flexibility index (Phi) is 4.98. The van der Waals surface area contributed by atoms with Crippen LogP contribution in [0.2, 0.25) is 0 Å². The van der Waals surface area contributed by atoms with Gasteiger partial charge in [-0.15, -0.1) is 0 Å². The molecule has 1 aliphatic heterocycles. The third-order valence-corrected chi connectivity index (χ3v) is 5.47. The minimum atomic E-state index is 0.160. The van der Waals surface area contributed by atoms with Gasteiger partial charge in [0, 0.05) is 18.8 Å². The Morgan fingerprint density at radius 1 is 1.17 bits per heavy atom. The van der Waals surface area contributed by atoms with E-state index in [4.69, 9.17) is 0 Å². The lowest BCUT2D eigenvalue weighted by Gasteiger charge is -2.38. The molecule has 1 aliphatic carbocycles. The smallest absolute Gasteiger partial charge is 0.257 e. The summed E-state index contributed by atoms with van der Waals surface area (Å²) in [6.45, 7) is 6.99. The second-order valence-corrected chi connectivity index (χ2v) is 7.48. The van der Waals surface area contributed by atoms with E-state index in [0.717, 1.165) is 30.0 Å². The third kappa shape index (κ3) is 3.41. The van der Waals surface area contributed by atoms with Crippen molar-refractivity contribution in [1.29, 1.82) is 0 Å². The van der Waals surface area contributed by atoms with Crippen molar-refractivity contribution >= 4 is 5.91 Å². The molecule has 1 saturated carbocycles. The number of amides is 1. The van der Waals surface area contributed by atoms with Gasteiger partial charge < -0.3 is 4.90 Å². The van der Waals surface area contributed by atoms with Gasteiger partial charge in [-0.05, 0) is 44.4 Å². The average Bonchev–Trinajstić information content (AvgIpc) is 2.76. The lowest BCUT2D eigenvalue weighted by molar-refractivity contribution is 0.0566. The van der Waals surface area contributed by atoms with E-state index >= 15 is 0 Å². The summed E-state index contributed by atoms with van der Waals surface area (Å²) in [5, 5.41) is 0. The van der Waals surface area contributed by atoms with Crippen LogP contribution in [0.3, 0.4) is 0 Å². The molecule has 0 unspecified atom stereocenters. The molecular formula is C19H29N3O. The molecule has 23 heavy (non-hydrogen) atoms. The summed E-state index contributed by atoms with van der Waals surface area (Å²) in [5.41, 5.74) is 1.62. The molecule has 2 fully saturated rings. The normalized spacial score (nSPS) is 25.1. The van der Waals surface area contributed by atoms with Gasteiger partial charge >= 0.3 is 0 Å². The number of rotatable bonds is 2. The Labute approximate surface area is 139 Å². The molecule has 1 saturated heterocycles. The maximum atomic E-state index is 13.3. The first kappa shape index (κ1) is 16.4. The van der Waals surface area contributed by atoms with Gasteiger partial charge in [-0.1, -0.05) is 33.1 Å². The molecular weight excluding hydrogens is 286 g/mol. The highest BCUT2D eigenvalue weighted by molar-refractivity contribution is 5.95. The van der Waals surface area contributed by atoms with Crippen molar-refractivity contribution in [1.82, 2.24) is 14.9 Å². The maximum absolute atomic E-state index is 13.3. The van der Waals surface area contributed by atoms with E-state index in [9.17, 15) is 4.79 Å². The SMILES string of the molecule is Cc1ncc(C(=O)N2CCCC[C@@H]3CCCC[C@@H]32)c(C(C)C)n1. The van der Waals surface area contributed by atoms with E-state index in [1.54, 1.807) is 6.20 Å². The van der Waals surface area contributed by atoms with E-state index in [1.807, 2.05) is 6.92 Å². The summed E-state index contributed by atoms with van der Waals surface area (Å²) >= 11 is 0. The number of hydrogen-bond acceptors (Lipinski definition) is 3. The van der Waals surface area contributed by atoms with Crippen molar-refractivity contribution in [3.63, 3.8) is 0 Å². The molecule has 1 aromatic rings. The fraction of sp³-hybridized carbons (Fsp3) is 0.737. The van der Waals surface area contributed by atoms with Crippen molar-refractivity contribution in [2.24, 2.45) is 5.92 Å². The highest BCUT2D eigenvalue weighted by Crippen LogP contribution is 2.35. The molecule has 2 heterocycles. The first-order chi connectivity index (χ1) is 11.1. The van der Waals surface area contributed by atoms with Crippen molar-refractivity contribution in [2.45, 2.75) is 77.7 Å². The third-order valence-electron chi connectivity index (χ3n) is 5.47. The van der Waals surface area contributed by atoms with E-state index in [-0.39, 0.29) is 11.8 Å². The first-order valence-electron chi connectivity index (χ1n) is 9.22. The van der Waals surface area contributed by atoms with Gasteiger partial charge in [-0.25, -0.2) is 9.97 Å². The van der Waals surface area contributed by atoms with Gasteiger partial charge in [-0.3, -0.25) is 4.79 Å². The molecule has 0 N–H and O–H groups in total. The number of carbonyl (C=O) groups is 1. The topological polar surface area (TPSA) is 46.1 Å². The van der Waals surface area contributed by atoms with Gasteiger partial charge in [0.15, 0.2) is 0 Å². The molecule has 0 bridgehead atoms. The summed E-state index contributed by atoms with van der Waals surface area (Å²) in [6.07, 6.45) is 10.5. The number of aryl methyl sites for hydroxylation is 1. The second-order valence-electron chi connectivity index (χ2n) is 7.48. The Bertz CT molecular complexity index is 570. The zero-order valence-corrected chi connectivity index (χ0v) is 14.7. The molecule has 0 radical (unpaired) electrons. The number of carbonyl (C=O) groups excluding carboxylic acids is 1. The lowest BCUT2D eigenvalue weighted by atomic mass is 9.81. The van der Waals surface area contributed by atoms with Crippen LogP contribution in [-0.4, -0.2) is 33.4 Å². The van der Waals surface area contributed by atoms with Crippen LogP contribution in [-0.2, 0) is 0 Å². The summed E-state index contributed by atoms with van der Waals surface area (Å²) in [7, 11) is 0. The number of aromatic nitrogens is 2. The maximum Gasteiger partial charge on any atom is 0.257 e. The Morgan fingerprint density at radius 3 is 2.61 bits per heavy atom. The van der Waals surface area contributed by atoms with E-state index in [0.29, 0.717) is 12.0 Å². The zero-order valence-electron chi connectivity index (χ0n) is 14.7. The van der Waals surface area contributed by atoms with Crippen LogP contribution in [0.5, 0.6) is 0 Å². The second kappa shape index (κ2) is 6.98. The van der Waals surface area contributed by atoms with Crippen LogP contribution in [0.15, 0.2) is 6.20 Å². The average molecular weight is 315 g/mol. The summed E-state index contributed by atoms with van der Waals surface area (Å²) in [6, 6.07) is 0.431. The molecule has 2 atom stereocenters. The molecule has 2 aliphatic rings. The van der Waals surface area contributed by atoms with Crippen molar-refractivity contribution in [3.05, 3.63) is 23.3 Å². The van der Waals surface area contributed by atoms with Gasteiger partial charge in [0.25, 0.3) is 5.91 Å². The van der Waals surface area contributed by atoms with Crippen LogP contribution >= 0.6 is 0 Å². The largest absolute Gasteiger partial charge is 0.335 e. The molecule has 0 aromatic carbocycles. The summed E-state index contributed by atoms with van der Waals surface area (Å²) in [5.74, 6) is 1.85. The van der Waals surface area contributed by atoms with E-state index in [1.165, 1.54) is 38.5 Å².